The Morgan fingerprint density at radius 2 is 1.88 bits per heavy atom. The third-order valence-corrected chi connectivity index (χ3v) is 2.99. The molecule has 0 spiro atoms. The molecule has 3 nitrogen and oxygen atoms in total. The maximum atomic E-state index is 5.71. The van der Waals surface area contributed by atoms with Gasteiger partial charge in [0.2, 0.25) is 0 Å². The monoisotopic (exact) mass is 269 g/mol. The van der Waals surface area contributed by atoms with Crippen molar-refractivity contribution in [2.75, 3.05) is 44.6 Å². The van der Waals surface area contributed by atoms with Crippen LogP contribution in [0.5, 0.6) is 0 Å². The van der Waals surface area contributed by atoms with Crippen molar-refractivity contribution in [3.8, 4) is 0 Å². The van der Waals surface area contributed by atoms with Gasteiger partial charge in [0.05, 0.1) is 6.61 Å². The van der Waals surface area contributed by atoms with Gasteiger partial charge in [-0.1, -0.05) is 0 Å². The van der Waals surface area contributed by atoms with E-state index < -0.39 is 0 Å². The molecule has 1 heterocycles. The maximum Gasteiger partial charge on any atom is 0.157 e. The minimum Gasteiger partial charge on any atom is -0.353 e. The number of rotatable bonds is 8. The van der Waals surface area contributed by atoms with Crippen molar-refractivity contribution in [2.45, 2.75) is 25.6 Å². The molecule has 0 aromatic carbocycles. The molecular weight excluding hydrogens is 249 g/mol. The zero-order valence-corrected chi connectivity index (χ0v) is 11.2. The molecule has 0 aromatic rings. The van der Waals surface area contributed by atoms with E-state index in [9.17, 15) is 0 Å². The van der Waals surface area contributed by atoms with Crippen LogP contribution in [0, 0.1) is 0 Å². The van der Waals surface area contributed by atoms with Gasteiger partial charge in [0.15, 0.2) is 6.29 Å². The van der Waals surface area contributed by atoms with Gasteiger partial charge < -0.3 is 9.47 Å². The van der Waals surface area contributed by atoms with Crippen molar-refractivity contribution >= 4 is 23.2 Å². The molecule has 0 saturated carbocycles. The summed E-state index contributed by atoms with van der Waals surface area (Å²) in [5, 5.41) is 0. The van der Waals surface area contributed by atoms with Gasteiger partial charge >= 0.3 is 0 Å². The van der Waals surface area contributed by atoms with E-state index in [0.717, 1.165) is 39.1 Å². The summed E-state index contributed by atoms with van der Waals surface area (Å²) in [4.78, 5) is 2.21. The molecule has 1 aliphatic rings. The van der Waals surface area contributed by atoms with Crippen LogP contribution in [-0.2, 0) is 9.47 Å². The molecule has 1 saturated heterocycles. The first-order chi connectivity index (χ1) is 7.86. The lowest BCUT2D eigenvalue weighted by Gasteiger charge is -2.25. The van der Waals surface area contributed by atoms with Crippen LogP contribution < -0.4 is 0 Å². The van der Waals surface area contributed by atoms with Gasteiger partial charge in [-0.05, 0) is 19.3 Å². The molecule has 1 fully saturated rings. The molecule has 5 heteroatoms. The minimum absolute atomic E-state index is 0.00241. The largest absolute Gasteiger partial charge is 0.353 e. The molecule has 1 aliphatic heterocycles. The first kappa shape index (κ1) is 14.5. The zero-order valence-electron chi connectivity index (χ0n) is 9.67. The summed E-state index contributed by atoms with van der Waals surface area (Å²) in [6.07, 6.45) is 3.38. The summed E-state index contributed by atoms with van der Waals surface area (Å²) >= 11 is 11.4. The normalized spacial score (nSPS) is 21.6. The highest BCUT2D eigenvalue weighted by Gasteiger charge is 2.14. The third kappa shape index (κ3) is 6.26. The van der Waals surface area contributed by atoms with E-state index in [-0.39, 0.29) is 6.29 Å². The van der Waals surface area contributed by atoms with Crippen LogP contribution in [0.1, 0.15) is 19.3 Å². The van der Waals surface area contributed by atoms with Crippen molar-refractivity contribution in [1.29, 1.82) is 0 Å². The smallest absolute Gasteiger partial charge is 0.157 e. The third-order valence-electron chi connectivity index (χ3n) is 2.65. The minimum atomic E-state index is 0.00241. The van der Waals surface area contributed by atoms with E-state index in [1.807, 2.05) is 0 Å². The summed E-state index contributed by atoms with van der Waals surface area (Å²) < 4.78 is 11.1. The van der Waals surface area contributed by atoms with E-state index >= 15 is 0 Å². The summed E-state index contributed by atoms with van der Waals surface area (Å²) in [6.45, 7) is 4.13. The molecule has 0 aliphatic carbocycles. The van der Waals surface area contributed by atoms with Crippen molar-refractivity contribution in [3.63, 3.8) is 0 Å². The van der Waals surface area contributed by atoms with E-state index in [1.54, 1.807) is 0 Å². The average Bonchev–Trinajstić information content (AvgIpc) is 2.31. The average molecular weight is 270 g/mol. The summed E-state index contributed by atoms with van der Waals surface area (Å²) in [5.41, 5.74) is 0. The standard InChI is InChI=1S/C11H21Cl2NO2/c12-4-6-14(7-5-13)8-10-16-11-3-1-2-9-15-11/h11H,1-10H2. The van der Waals surface area contributed by atoms with Gasteiger partial charge in [0.25, 0.3) is 0 Å². The molecule has 96 valence electrons. The lowest BCUT2D eigenvalue weighted by Crippen LogP contribution is -2.33. The first-order valence-corrected chi connectivity index (χ1v) is 7.01. The van der Waals surface area contributed by atoms with Crippen LogP contribution in [0.4, 0.5) is 0 Å². The van der Waals surface area contributed by atoms with Crippen LogP contribution in [0.2, 0.25) is 0 Å². The topological polar surface area (TPSA) is 21.7 Å². The Morgan fingerprint density at radius 3 is 2.44 bits per heavy atom. The molecule has 1 unspecified atom stereocenters. The second-order valence-electron chi connectivity index (χ2n) is 3.89. The quantitative estimate of drug-likeness (QED) is 0.632. The molecule has 0 aromatic heterocycles. The molecule has 0 radical (unpaired) electrons. The Balaban J connectivity index is 2.06. The van der Waals surface area contributed by atoms with Crippen molar-refractivity contribution < 1.29 is 9.47 Å². The predicted molar refractivity (Wildman–Crippen MR) is 67.4 cm³/mol. The second-order valence-corrected chi connectivity index (χ2v) is 4.64. The molecule has 0 bridgehead atoms. The number of halogens is 2. The first-order valence-electron chi connectivity index (χ1n) is 5.94. The second kappa shape index (κ2) is 9.49. The van der Waals surface area contributed by atoms with Crippen LogP contribution in [-0.4, -0.2) is 55.8 Å². The fraction of sp³-hybridized carbons (Fsp3) is 1.00. The van der Waals surface area contributed by atoms with Gasteiger partial charge in [0.1, 0.15) is 0 Å². The Morgan fingerprint density at radius 1 is 1.12 bits per heavy atom. The fourth-order valence-corrected chi connectivity index (χ4v) is 2.21. The Hall–Kier alpha value is 0.460. The van der Waals surface area contributed by atoms with Gasteiger partial charge in [-0.25, -0.2) is 0 Å². The number of hydrogen-bond acceptors (Lipinski definition) is 3. The summed E-state index contributed by atoms with van der Waals surface area (Å²) in [5.74, 6) is 1.27. The lowest BCUT2D eigenvalue weighted by atomic mass is 10.2. The fourth-order valence-electron chi connectivity index (χ4n) is 1.73. The molecule has 0 amide bonds. The number of ether oxygens (including phenoxy) is 2. The highest BCUT2D eigenvalue weighted by molar-refractivity contribution is 6.18. The van der Waals surface area contributed by atoms with Crippen LogP contribution in [0.25, 0.3) is 0 Å². The van der Waals surface area contributed by atoms with Gasteiger partial charge in [-0.3, -0.25) is 4.90 Å². The van der Waals surface area contributed by atoms with E-state index in [1.165, 1.54) is 6.42 Å². The Kier molecular flexibility index (Phi) is 8.61. The SMILES string of the molecule is ClCCN(CCCl)CCOC1CCCCO1. The highest BCUT2D eigenvalue weighted by atomic mass is 35.5. The van der Waals surface area contributed by atoms with E-state index in [2.05, 4.69) is 4.90 Å². The zero-order chi connectivity index (χ0) is 11.6. The lowest BCUT2D eigenvalue weighted by molar-refractivity contribution is -0.164. The Bertz CT molecular complexity index is 160. The van der Waals surface area contributed by atoms with Gasteiger partial charge in [-0.15, -0.1) is 23.2 Å². The predicted octanol–water partition coefficient (Wildman–Crippen LogP) is 2.31. The van der Waals surface area contributed by atoms with Crippen LogP contribution in [0.15, 0.2) is 0 Å². The summed E-state index contributed by atoms with van der Waals surface area (Å²) in [6, 6.07) is 0. The van der Waals surface area contributed by atoms with Crippen molar-refractivity contribution in [2.24, 2.45) is 0 Å². The van der Waals surface area contributed by atoms with Crippen LogP contribution in [0.3, 0.4) is 0 Å². The number of alkyl halides is 2. The molecular formula is C11H21Cl2NO2. The molecule has 16 heavy (non-hydrogen) atoms. The van der Waals surface area contributed by atoms with Gasteiger partial charge in [-0.2, -0.15) is 0 Å². The molecule has 1 atom stereocenters. The molecule has 0 N–H and O–H groups in total. The van der Waals surface area contributed by atoms with E-state index in [0.29, 0.717) is 18.4 Å². The molecule has 1 rings (SSSR count). The maximum absolute atomic E-state index is 5.71. The Labute approximate surface area is 108 Å². The van der Waals surface area contributed by atoms with Crippen molar-refractivity contribution in [3.05, 3.63) is 0 Å². The van der Waals surface area contributed by atoms with Gasteiger partial charge in [0, 0.05) is 38.0 Å². The van der Waals surface area contributed by atoms with Crippen LogP contribution >= 0.6 is 23.2 Å². The highest BCUT2D eigenvalue weighted by Crippen LogP contribution is 2.13. The summed E-state index contributed by atoms with van der Waals surface area (Å²) in [7, 11) is 0. The number of nitrogens with zero attached hydrogens (tertiary/aromatic N) is 1. The number of hydrogen-bond donors (Lipinski definition) is 0. The van der Waals surface area contributed by atoms with E-state index in [4.69, 9.17) is 32.7 Å². The van der Waals surface area contributed by atoms with Crippen molar-refractivity contribution in [1.82, 2.24) is 4.90 Å².